The fraction of sp³-hybridized carbons (Fsp3) is 0.375. The maximum Gasteiger partial charge on any atom is 0.312 e. The summed E-state index contributed by atoms with van der Waals surface area (Å²) in [7, 11) is 0. The van der Waals surface area contributed by atoms with E-state index in [1.54, 1.807) is 19.9 Å². The van der Waals surface area contributed by atoms with Crippen molar-refractivity contribution in [3.63, 3.8) is 0 Å². The molecule has 2 aliphatic heterocycles. The molecule has 0 bridgehead atoms. The molecule has 0 spiro atoms. The van der Waals surface area contributed by atoms with Crippen LogP contribution in [0.1, 0.15) is 53.6 Å². The predicted octanol–water partition coefficient (Wildman–Crippen LogP) is 3.69. The molecule has 3 aromatic rings. The molecule has 2 aliphatic rings. The van der Waals surface area contributed by atoms with Crippen molar-refractivity contribution < 1.29 is 19.4 Å². The third-order valence-corrected chi connectivity index (χ3v) is 7.09. The van der Waals surface area contributed by atoms with Crippen LogP contribution in [0, 0.1) is 6.92 Å². The number of rotatable bonds is 4. The summed E-state index contributed by atoms with van der Waals surface area (Å²) in [6, 6.07) is 7.48. The van der Waals surface area contributed by atoms with Gasteiger partial charge in [0.2, 0.25) is 0 Å². The van der Waals surface area contributed by atoms with Gasteiger partial charge in [-0.1, -0.05) is 11.3 Å². The van der Waals surface area contributed by atoms with Crippen LogP contribution in [0.15, 0.2) is 24.3 Å². The van der Waals surface area contributed by atoms with Gasteiger partial charge in [-0.15, -0.1) is 0 Å². The minimum absolute atomic E-state index is 0.0891. The van der Waals surface area contributed by atoms with Crippen LogP contribution >= 0.6 is 11.3 Å². The molecule has 10 heteroatoms. The molecular weight excluding hydrogens is 454 g/mol. The molecule has 0 saturated carbocycles. The lowest BCUT2D eigenvalue weighted by Gasteiger charge is -2.29. The van der Waals surface area contributed by atoms with Crippen molar-refractivity contribution in [1.82, 2.24) is 20.3 Å². The number of nitrogens with zero attached hydrogens (tertiary/aromatic N) is 4. The summed E-state index contributed by atoms with van der Waals surface area (Å²) in [4.78, 5) is 40.5. The van der Waals surface area contributed by atoms with E-state index in [1.165, 1.54) is 11.3 Å². The average Bonchev–Trinajstić information content (AvgIpc) is 3.20. The van der Waals surface area contributed by atoms with E-state index in [4.69, 9.17) is 9.72 Å². The summed E-state index contributed by atoms with van der Waals surface area (Å²) in [5, 5.41) is 13.2. The Morgan fingerprint density at radius 2 is 2.06 bits per heavy atom. The summed E-state index contributed by atoms with van der Waals surface area (Å²) >= 11 is 1.38. The normalized spacial score (nSPS) is 17.3. The molecule has 1 unspecified atom stereocenters. The van der Waals surface area contributed by atoms with Gasteiger partial charge in [0.25, 0.3) is 5.91 Å². The SMILES string of the molecule is Cc1nc(-c2ccc3c(c2)N(c2nc4c(s2)C(=O)NC(C)(C)C4)CCO3)cc(C(C)C(=O)O)n1. The average molecular weight is 480 g/mol. The molecule has 4 heterocycles. The number of thiazole rings is 1. The van der Waals surface area contributed by atoms with E-state index in [-0.39, 0.29) is 11.4 Å². The van der Waals surface area contributed by atoms with Gasteiger partial charge in [-0.2, -0.15) is 0 Å². The molecule has 1 atom stereocenters. The Balaban J connectivity index is 1.55. The van der Waals surface area contributed by atoms with Crippen LogP contribution in [-0.2, 0) is 11.2 Å². The number of amides is 1. The lowest BCUT2D eigenvalue weighted by molar-refractivity contribution is -0.138. The van der Waals surface area contributed by atoms with Crippen LogP contribution in [0.2, 0.25) is 0 Å². The first-order valence-corrected chi connectivity index (χ1v) is 11.9. The standard InChI is InChI=1S/C24H25N5O4S/c1-12(22(31)32)15-10-16(26-13(2)25-15)14-5-6-19-18(9-14)29(7-8-33-19)23-27-17-11-24(3,4)28-21(30)20(17)34-23/h5-6,9-10,12H,7-8,11H2,1-4H3,(H,28,30)(H,31,32). The van der Waals surface area contributed by atoms with Gasteiger partial charge >= 0.3 is 5.97 Å². The molecule has 176 valence electrons. The van der Waals surface area contributed by atoms with E-state index in [2.05, 4.69) is 20.2 Å². The number of hydrogen-bond acceptors (Lipinski definition) is 8. The smallest absolute Gasteiger partial charge is 0.312 e. The van der Waals surface area contributed by atoms with Crippen molar-refractivity contribution in [3.8, 4) is 17.0 Å². The minimum Gasteiger partial charge on any atom is -0.490 e. The number of aromatic nitrogens is 3. The first kappa shape index (κ1) is 22.3. The zero-order valence-electron chi connectivity index (χ0n) is 19.4. The highest BCUT2D eigenvalue weighted by Gasteiger charge is 2.35. The topological polar surface area (TPSA) is 118 Å². The van der Waals surface area contributed by atoms with Crippen LogP contribution in [0.25, 0.3) is 11.3 Å². The van der Waals surface area contributed by atoms with Crippen LogP contribution in [0.4, 0.5) is 10.8 Å². The molecule has 5 rings (SSSR count). The molecule has 0 radical (unpaired) electrons. The van der Waals surface area contributed by atoms with Crippen LogP contribution in [0.3, 0.4) is 0 Å². The number of anilines is 2. The van der Waals surface area contributed by atoms with E-state index in [0.717, 1.165) is 27.8 Å². The number of aliphatic carboxylic acids is 1. The lowest BCUT2D eigenvalue weighted by atomic mass is 9.94. The van der Waals surface area contributed by atoms with Crippen molar-refractivity contribution >= 4 is 34.0 Å². The molecule has 0 aliphatic carbocycles. The number of carboxylic acid groups (broad SMARTS) is 1. The van der Waals surface area contributed by atoms with Gasteiger partial charge < -0.3 is 20.1 Å². The van der Waals surface area contributed by atoms with Gasteiger partial charge in [-0.25, -0.2) is 15.0 Å². The fourth-order valence-corrected chi connectivity index (χ4v) is 5.26. The van der Waals surface area contributed by atoms with E-state index in [0.29, 0.717) is 41.7 Å². The number of carbonyl (C=O) groups excluding carboxylic acids is 1. The summed E-state index contributed by atoms with van der Waals surface area (Å²) in [6.45, 7) is 8.44. The Morgan fingerprint density at radius 1 is 1.26 bits per heavy atom. The Bertz CT molecular complexity index is 1320. The summed E-state index contributed by atoms with van der Waals surface area (Å²) in [6.07, 6.45) is 0.673. The van der Waals surface area contributed by atoms with E-state index < -0.39 is 11.9 Å². The largest absolute Gasteiger partial charge is 0.490 e. The maximum absolute atomic E-state index is 12.6. The summed E-state index contributed by atoms with van der Waals surface area (Å²) < 4.78 is 5.88. The number of ether oxygens (including phenoxy) is 1. The number of nitrogens with one attached hydrogen (secondary N) is 1. The number of fused-ring (bicyclic) bond motifs is 2. The van der Waals surface area contributed by atoms with Gasteiger partial charge in [-0.3, -0.25) is 9.59 Å². The van der Waals surface area contributed by atoms with Crippen molar-refractivity contribution in [1.29, 1.82) is 0 Å². The summed E-state index contributed by atoms with van der Waals surface area (Å²) in [5.74, 6) is -0.539. The molecule has 1 amide bonds. The highest BCUT2D eigenvalue weighted by atomic mass is 32.1. The summed E-state index contributed by atoms with van der Waals surface area (Å²) in [5.41, 5.74) is 3.24. The van der Waals surface area contributed by atoms with Gasteiger partial charge in [0.1, 0.15) is 23.1 Å². The van der Waals surface area contributed by atoms with E-state index in [1.807, 2.05) is 32.0 Å². The molecule has 34 heavy (non-hydrogen) atoms. The molecular formula is C24H25N5O4S. The molecule has 1 aromatic carbocycles. The zero-order chi connectivity index (χ0) is 24.2. The van der Waals surface area contributed by atoms with Crippen molar-refractivity contribution in [2.24, 2.45) is 0 Å². The fourth-order valence-electron chi connectivity index (χ4n) is 4.24. The highest BCUT2D eigenvalue weighted by molar-refractivity contribution is 7.17. The van der Waals surface area contributed by atoms with Crippen molar-refractivity contribution in [2.45, 2.75) is 45.6 Å². The first-order chi connectivity index (χ1) is 16.1. The number of aryl methyl sites for hydroxylation is 1. The van der Waals surface area contributed by atoms with Gasteiger partial charge in [0.15, 0.2) is 5.13 Å². The first-order valence-electron chi connectivity index (χ1n) is 11.1. The van der Waals surface area contributed by atoms with Crippen LogP contribution in [0.5, 0.6) is 5.75 Å². The lowest BCUT2D eigenvalue weighted by Crippen LogP contribution is -2.48. The Morgan fingerprint density at radius 3 is 2.82 bits per heavy atom. The van der Waals surface area contributed by atoms with Crippen molar-refractivity contribution in [2.75, 3.05) is 18.1 Å². The van der Waals surface area contributed by atoms with Gasteiger partial charge in [0.05, 0.1) is 35.2 Å². The molecule has 0 fully saturated rings. The van der Waals surface area contributed by atoms with E-state index >= 15 is 0 Å². The Hall–Kier alpha value is -3.53. The Kier molecular flexibility index (Phi) is 5.27. The van der Waals surface area contributed by atoms with Crippen LogP contribution in [-0.4, -0.2) is 50.6 Å². The third kappa shape index (κ3) is 3.98. The number of hydrogen-bond donors (Lipinski definition) is 2. The minimum atomic E-state index is -0.936. The molecule has 9 nitrogen and oxygen atoms in total. The van der Waals surface area contributed by atoms with Crippen LogP contribution < -0.4 is 15.0 Å². The number of carbonyl (C=O) groups is 2. The third-order valence-electron chi connectivity index (χ3n) is 5.97. The second-order valence-electron chi connectivity index (χ2n) is 9.25. The predicted molar refractivity (Wildman–Crippen MR) is 128 cm³/mol. The maximum atomic E-state index is 12.6. The molecule has 0 saturated heterocycles. The Labute approximate surface area is 200 Å². The number of carboxylic acids is 1. The second-order valence-corrected chi connectivity index (χ2v) is 10.2. The molecule has 2 aromatic heterocycles. The van der Waals surface area contributed by atoms with Gasteiger partial charge in [-0.05, 0) is 52.0 Å². The van der Waals surface area contributed by atoms with Gasteiger partial charge in [0, 0.05) is 17.5 Å². The van der Waals surface area contributed by atoms with E-state index in [9.17, 15) is 14.7 Å². The van der Waals surface area contributed by atoms with Crippen molar-refractivity contribution in [3.05, 3.63) is 46.4 Å². The zero-order valence-corrected chi connectivity index (χ0v) is 20.2. The second kappa shape index (κ2) is 8.05. The monoisotopic (exact) mass is 479 g/mol. The quantitative estimate of drug-likeness (QED) is 0.582. The highest BCUT2D eigenvalue weighted by Crippen LogP contribution is 2.42. The number of benzene rings is 1. The molecule has 2 N–H and O–H groups in total.